The summed E-state index contributed by atoms with van der Waals surface area (Å²) in [4.78, 5) is 13.6. The molecule has 2 atom stereocenters. The Hall–Kier alpha value is -1.30. The molecule has 3 N–H and O–H groups in total. The van der Waals surface area contributed by atoms with Gasteiger partial charge in [-0.2, -0.15) is 0 Å². The van der Waals surface area contributed by atoms with Gasteiger partial charge in [-0.05, 0) is 18.2 Å². The largest absolute Gasteiger partial charge is 0.507 e. The van der Waals surface area contributed by atoms with E-state index in [2.05, 4.69) is 5.32 Å². The standard InChI is InChI=1S/C12H15ClN2O3/c1-15(9-5-14-6-11(9)17)12(18)8-4-7(13)2-3-10(8)16/h2-4,9,11,14,16-17H,5-6H2,1H3/t9-,11-/m1/s1. The molecule has 0 unspecified atom stereocenters. The lowest BCUT2D eigenvalue weighted by atomic mass is 10.1. The fourth-order valence-electron chi connectivity index (χ4n) is 2.07. The van der Waals surface area contributed by atoms with Crippen molar-refractivity contribution < 1.29 is 15.0 Å². The van der Waals surface area contributed by atoms with E-state index < -0.39 is 6.10 Å². The number of carbonyl (C=O) groups is 1. The summed E-state index contributed by atoms with van der Waals surface area (Å²) in [5.41, 5.74) is 0.143. The Morgan fingerprint density at radius 1 is 1.50 bits per heavy atom. The molecule has 1 heterocycles. The van der Waals surface area contributed by atoms with Crippen LogP contribution in [0.25, 0.3) is 0 Å². The average molecular weight is 271 g/mol. The predicted octanol–water partition coefficient (Wildman–Crippen LogP) is 0.450. The Kier molecular flexibility index (Phi) is 3.75. The van der Waals surface area contributed by atoms with Gasteiger partial charge in [0, 0.05) is 25.2 Å². The van der Waals surface area contributed by atoms with Gasteiger partial charge in [0.25, 0.3) is 5.91 Å². The van der Waals surface area contributed by atoms with Crippen LogP contribution in [-0.2, 0) is 0 Å². The Morgan fingerprint density at radius 3 is 2.83 bits per heavy atom. The van der Waals surface area contributed by atoms with Crippen molar-refractivity contribution >= 4 is 17.5 Å². The smallest absolute Gasteiger partial charge is 0.257 e. The second-order valence-corrected chi connectivity index (χ2v) is 4.81. The summed E-state index contributed by atoms with van der Waals surface area (Å²) < 4.78 is 0. The van der Waals surface area contributed by atoms with Crippen molar-refractivity contribution in [2.24, 2.45) is 0 Å². The molecule has 0 bridgehead atoms. The number of nitrogens with one attached hydrogen (secondary N) is 1. The van der Waals surface area contributed by atoms with Crippen molar-refractivity contribution in [3.05, 3.63) is 28.8 Å². The van der Waals surface area contributed by atoms with E-state index in [1.807, 2.05) is 0 Å². The van der Waals surface area contributed by atoms with Crippen molar-refractivity contribution in [2.45, 2.75) is 12.1 Å². The van der Waals surface area contributed by atoms with Gasteiger partial charge >= 0.3 is 0 Å². The lowest BCUT2D eigenvalue weighted by Gasteiger charge is -2.26. The van der Waals surface area contributed by atoms with Crippen LogP contribution in [0.2, 0.25) is 5.02 Å². The minimum absolute atomic E-state index is 0.114. The zero-order valence-electron chi connectivity index (χ0n) is 9.93. The number of phenols is 1. The zero-order valence-corrected chi connectivity index (χ0v) is 10.7. The maximum absolute atomic E-state index is 12.2. The summed E-state index contributed by atoms with van der Waals surface area (Å²) in [7, 11) is 1.60. The number of likely N-dealkylation sites (N-methyl/N-ethyl adjacent to an activating group) is 1. The third-order valence-corrected chi connectivity index (χ3v) is 3.39. The van der Waals surface area contributed by atoms with Gasteiger partial charge in [0.15, 0.2) is 0 Å². The van der Waals surface area contributed by atoms with E-state index in [-0.39, 0.29) is 23.3 Å². The van der Waals surface area contributed by atoms with Gasteiger partial charge in [0.1, 0.15) is 5.75 Å². The molecule has 18 heavy (non-hydrogen) atoms. The molecule has 5 nitrogen and oxygen atoms in total. The van der Waals surface area contributed by atoms with Crippen LogP contribution in [0.5, 0.6) is 5.75 Å². The highest BCUT2D eigenvalue weighted by molar-refractivity contribution is 6.31. The third-order valence-electron chi connectivity index (χ3n) is 3.16. The number of aromatic hydroxyl groups is 1. The number of aliphatic hydroxyl groups is 1. The molecule has 1 aliphatic rings. The first kappa shape index (κ1) is 13.1. The summed E-state index contributed by atoms with van der Waals surface area (Å²) in [6.45, 7) is 0.995. The lowest BCUT2D eigenvalue weighted by Crippen LogP contribution is -2.44. The van der Waals surface area contributed by atoms with Crippen molar-refractivity contribution in [2.75, 3.05) is 20.1 Å². The van der Waals surface area contributed by atoms with Gasteiger partial charge < -0.3 is 20.4 Å². The molecule has 1 aromatic rings. The van der Waals surface area contributed by atoms with E-state index in [4.69, 9.17) is 11.6 Å². The summed E-state index contributed by atoms with van der Waals surface area (Å²) >= 11 is 5.81. The van der Waals surface area contributed by atoms with E-state index in [0.29, 0.717) is 18.1 Å². The molecule has 1 fully saturated rings. The minimum Gasteiger partial charge on any atom is -0.507 e. The van der Waals surface area contributed by atoms with Crippen molar-refractivity contribution in [1.29, 1.82) is 0 Å². The van der Waals surface area contributed by atoms with E-state index in [0.717, 1.165) is 0 Å². The zero-order chi connectivity index (χ0) is 13.3. The van der Waals surface area contributed by atoms with Crippen molar-refractivity contribution in [3.8, 4) is 5.75 Å². The molecule has 0 aromatic heterocycles. The maximum Gasteiger partial charge on any atom is 0.257 e. The number of phenolic OH excluding ortho intramolecular Hbond substituents is 1. The summed E-state index contributed by atoms with van der Waals surface area (Å²) in [6.07, 6.45) is -0.597. The predicted molar refractivity (Wildman–Crippen MR) is 67.9 cm³/mol. The summed E-state index contributed by atoms with van der Waals surface area (Å²) in [5, 5.41) is 22.8. The number of benzene rings is 1. The number of aliphatic hydroxyl groups excluding tert-OH is 1. The topological polar surface area (TPSA) is 72.8 Å². The summed E-state index contributed by atoms with van der Waals surface area (Å²) in [5.74, 6) is -0.473. The molecule has 2 rings (SSSR count). The quantitative estimate of drug-likeness (QED) is 0.730. The normalized spacial score (nSPS) is 23.1. The molecule has 1 amide bonds. The van der Waals surface area contributed by atoms with Gasteiger partial charge in [-0.3, -0.25) is 4.79 Å². The van der Waals surface area contributed by atoms with E-state index >= 15 is 0 Å². The molecular formula is C12H15ClN2O3. The molecule has 98 valence electrons. The molecule has 0 aliphatic carbocycles. The highest BCUT2D eigenvalue weighted by Gasteiger charge is 2.32. The van der Waals surface area contributed by atoms with Crippen LogP contribution >= 0.6 is 11.6 Å². The number of nitrogens with zero attached hydrogens (tertiary/aromatic N) is 1. The number of carbonyl (C=O) groups excluding carboxylic acids is 1. The first-order valence-corrected chi connectivity index (χ1v) is 6.03. The van der Waals surface area contributed by atoms with Gasteiger partial charge in [-0.25, -0.2) is 0 Å². The number of β-amino-alcohol motifs (C(OH)–C–C–N with tert-alkyl or cyclic N) is 1. The third kappa shape index (κ3) is 2.43. The van der Waals surface area contributed by atoms with Gasteiger partial charge in [-0.1, -0.05) is 11.6 Å². The molecule has 0 spiro atoms. The highest BCUT2D eigenvalue weighted by atomic mass is 35.5. The van der Waals surface area contributed by atoms with Crippen LogP contribution in [0.4, 0.5) is 0 Å². The highest BCUT2D eigenvalue weighted by Crippen LogP contribution is 2.24. The Morgan fingerprint density at radius 2 is 2.22 bits per heavy atom. The van der Waals surface area contributed by atoms with Crippen LogP contribution in [0, 0.1) is 0 Å². The molecule has 0 radical (unpaired) electrons. The molecule has 1 aliphatic heterocycles. The maximum atomic E-state index is 12.2. The van der Waals surface area contributed by atoms with E-state index in [1.54, 1.807) is 7.05 Å². The molecule has 0 saturated carbocycles. The number of amides is 1. The monoisotopic (exact) mass is 270 g/mol. The Balaban J connectivity index is 2.22. The minimum atomic E-state index is -0.597. The van der Waals surface area contributed by atoms with E-state index in [9.17, 15) is 15.0 Å². The van der Waals surface area contributed by atoms with Crippen LogP contribution in [0.15, 0.2) is 18.2 Å². The van der Waals surface area contributed by atoms with Crippen molar-refractivity contribution in [3.63, 3.8) is 0 Å². The Bertz CT molecular complexity index is 467. The van der Waals surface area contributed by atoms with Gasteiger partial charge in [0.05, 0.1) is 17.7 Å². The average Bonchev–Trinajstić information content (AvgIpc) is 2.77. The summed E-state index contributed by atoms with van der Waals surface area (Å²) in [6, 6.07) is 4.02. The number of rotatable bonds is 2. The first-order chi connectivity index (χ1) is 8.50. The van der Waals surface area contributed by atoms with E-state index in [1.165, 1.54) is 23.1 Å². The number of hydrogen-bond donors (Lipinski definition) is 3. The molecule has 6 heteroatoms. The lowest BCUT2D eigenvalue weighted by molar-refractivity contribution is 0.0578. The first-order valence-electron chi connectivity index (χ1n) is 5.65. The van der Waals surface area contributed by atoms with Crippen LogP contribution in [0.1, 0.15) is 10.4 Å². The fourth-order valence-corrected chi connectivity index (χ4v) is 2.24. The van der Waals surface area contributed by atoms with Crippen LogP contribution in [-0.4, -0.2) is 53.3 Å². The Labute approximate surface area is 110 Å². The van der Waals surface area contributed by atoms with Crippen LogP contribution in [0.3, 0.4) is 0 Å². The molecule has 1 aromatic carbocycles. The second-order valence-electron chi connectivity index (χ2n) is 4.37. The van der Waals surface area contributed by atoms with Crippen molar-refractivity contribution in [1.82, 2.24) is 10.2 Å². The molecular weight excluding hydrogens is 256 g/mol. The van der Waals surface area contributed by atoms with Gasteiger partial charge in [0.2, 0.25) is 0 Å². The van der Waals surface area contributed by atoms with Crippen LogP contribution < -0.4 is 5.32 Å². The van der Waals surface area contributed by atoms with Gasteiger partial charge in [-0.15, -0.1) is 0 Å². The number of halogens is 1. The number of hydrogen-bond acceptors (Lipinski definition) is 4. The SMILES string of the molecule is CN(C(=O)c1cc(Cl)ccc1O)[C@@H]1CNC[C@H]1O. The second kappa shape index (κ2) is 5.14. The fraction of sp³-hybridized carbons (Fsp3) is 0.417. The molecule has 1 saturated heterocycles.